The zero-order valence-electron chi connectivity index (χ0n) is 8.74. The third-order valence-electron chi connectivity index (χ3n) is 2.44. The van der Waals surface area contributed by atoms with Gasteiger partial charge in [-0.05, 0) is 41.8 Å². The van der Waals surface area contributed by atoms with Gasteiger partial charge in [-0.3, -0.25) is 0 Å². The van der Waals surface area contributed by atoms with Crippen molar-refractivity contribution in [2.75, 3.05) is 0 Å². The smallest absolute Gasteiger partial charge is 0.137 e. The lowest BCUT2D eigenvalue weighted by atomic mass is 10.1. The zero-order valence-corrected chi connectivity index (χ0v) is 10.4. The molecule has 0 radical (unpaired) electrons. The fraction of sp³-hybridized carbons (Fsp3) is 0.182. The number of benzene rings is 1. The number of hydrogen-bond acceptors (Lipinski definition) is 5. The van der Waals surface area contributed by atoms with E-state index in [9.17, 15) is 0 Å². The van der Waals surface area contributed by atoms with Crippen molar-refractivity contribution in [3.8, 4) is 12.1 Å². The SMILES string of the molecule is Cc1c2c(c(C)cc1=C(C#N)C#N)=NSS2. The average molecular weight is 245 g/mol. The highest BCUT2D eigenvalue weighted by atomic mass is 33.1. The second-order valence-corrected chi connectivity index (χ2v) is 5.25. The van der Waals surface area contributed by atoms with Gasteiger partial charge in [0, 0.05) is 16.2 Å². The van der Waals surface area contributed by atoms with E-state index in [0.29, 0.717) is 0 Å². The molecule has 0 bridgehead atoms. The lowest BCUT2D eigenvalue weighted by molar-refractivity contribution is 1.15. The van der Waals surface area contributed by atoms with Gasteiger partial charge in [-0.15, -0.1) is 0 Å². The molecule has 5 heteroatoms. The summed E-state index contributed by atoms with van der Waals surface area (Å²) in [6, 6.07) is 5.74. The second-order valence-electron chi connectivity index (χ2n) is 3.39. The van der Waals surface area contributed by atoms with Crippen LogP contribution in [0.3, 0.4) is 0 Å². The summed E-state index contributed by atoms with van der Waals surface area (Å²) in [5.74, 6) is 0. The second kappa shape index (κ2) is 4.21. The molecule has 0 N–H and O–H groups in total. The number of aryl methyl sites for hydroxylation is 1. The van der Waals surface area contributed by atoms with Crippen molar-refractivity contribution in [1.82, 2.24) is 0 Å². The molecule has 1 aliphatic heterocycles. The Hall–Kier alpha value is -1.43. The first kappa shape index (κ1) is 11.1. The summed E-state index contributed by atoms with van der Waals surface area (Å²) < 4.78 is 4.32. The quantitative estimate of drug-likeness (QED) is 0.516. The summed E-state index contributed by atoms with van der Waals surface area (Å²) in [4.78, 5) is 1.07. The van der Waals surface area contributed by atoms with Gasteiger partial charge in [0.2, 0.25) is 0 Å². The van der Waals surface area contributed by atoms with Crippen LogP contribution < -0.4 is 10.6 Å². The molecule has 0 saturated carbocycles. The number of rotatable bonds is 0. The minimum atomic E-state index is 0.168. The van der Waals surface area contributed by atoms with Crippen LogP contribution in [-0.4, -0.2) is 0 Å². The standard InChI is InChI=1S/C11H7N3S2/c1-6-3-9(8(4-12)5-13)7(2)11-10(6)14-16-15-11/h3H,1-2H3. The molecule has 0 saturated heterocycles. The molecule has 0 aromatic heterocycles. The van der Waals surface area contributed by atoms with Crippen LogP contribution in [0.15, 0.2) is 15.4 Å². The Kier molecular flexibility index (Phi) is 2.91. The maximum Gasteiger partial charge on any atom is 0.137 e. The van der Waals surface area contributed by atoms with Gasteiger partial charge in [0.05, 0.1) is 10.3 Å². The maximum absolute atomic E-state index is 8.90. The normalized spacial score (nSPS) is 12.2. The van der Waals surface area contributed by atoms with E-state index in [1.54, 1.807) is 10.8 Å². The molecule has 1 heterocycles. The molecule has 3 nitrogen and oxygen atoms in total. The lowest BCUT2D eigenvalue weighted by Gasteiger charge is -2.02. The van der Waals surface area contributed by atoms with Gasteiger partial charge >= 0.3 is 0 Å². The summed E-state index contributed by atoms with van der Waals surface area (Å²) in [5, 5.41) is 19.5. The number of hydrogen-bond donors (Lipinski definition) is 0. The molecule has 78 valence electrons. The van der Waals surface area contributed by atoms with Crippen molar-refractivity contribution in [1.29, 1.82) is 10.5 Å². The van der Waals surface area contributed by atoms with E-state index in [1.165, 1.54) is 11.0 Å². The van der Waals surface area contributed by atoms with E-state index in [2.05, 4.69) is 4.40 Å². The zero-order chi connectivity index (χ0) is 11.7. The molecule has 2 rings (SSSR count). The van der Waals surface area contributed by atoms with Crippen LogP contribution >= 0.6 is 21.8 Å². The molecule has 0 atom stereocenters. The Labute approximate surface area is 101 Å². The van der Waals surface area contributed by atoms with Gasteiger partial charge in [0.25, 0.3) is 0 Å². The molecular weight excluding hydrogens is 238 g/mol. The largest absolute Gasteiger partial charge is 0.203 e. The molecule has 0 amide bonds. The van der Waals surface area contributed by atoms with Crippen molar-refractivity contribution in [2.24, 2.45) is 4.40 Å². The molecule has 0 aliphatic carbocycles. The summed E-state index contributed by atoms with van der Waals surface area (Å²) in [6.07, 6.45) is 0. The number of nitrogens with zero attached hydrogens (tertiary/aromatic N) is 3. The van der Waals surface area contributed by atoms with Crippen LogP contribution in [-0.2, 0) is 0 Å². The van der Waals surface area contributed by atoms with Crippen molar-refractivity contribution in [3.63, 3.8) is 0 Å². The van der Waals surface area contributed by atoms with Crippen molar-refractivity contribution in [3.05, 3.63) is 27.8 Å². The highest BCUT2D eigenvalue weighted by molar-refractivity contribution is 8.76. The van der Waals surface area contributed by atoms with Crippen LogP contribution in [0.1, 0.15) is 11.1 Å². The molecule has 0 unspecified atom stereocenters. The Balaban J connectivity index is 2.96. The minimum Gasteiger partial charge on any atom is -0.203 e. The van der Waals surface area contributed by atoms with Crippen molar-refractivity contribution >= 4 is 27.3 Å². The van der Waals surface area contributed by atoms with E-state index < -0.39 is 0 Å². The summed E-state index contributed by atoms with van der Waals surface area (Å²) in [5.41, 5.74) is 2.15. The lowest BCUT2D eigenvalue weighted by Crippen LogP contribution is -2.19. The third-order valence-corrected chi connectivity index (χ3v) is 4.38. The van der Waals surface area contributed by atoms with E-state index in [1.807, 2.05) is 32.1 Å². The first-order chi connectivity index (χ1) is 7.69. The van der Waals surface area contributed by atoms with Gasteiger partial charge < -0.3 is 0 Å². The molecule has 0 fully saturated rings. The predicted molar refractivity (Wildman–Crippen MR) is 64.8 cm³/mol. The topological polar surface area (TPSA) is 59.9 Å². The third kappa shape index (κ3) is 1.59. The van der Waals surface area contributed by atoms with E-state index in [-0.39, 0.29) is 5.57 Å². The fourth-order valence-corrected chi connectivity index (χ4v) is 3.76. The highest BCUT2D eigenvalue weighted by Gasteiger charge is 2.14. The molecule has 1 aromatic rings. The van der Waals surface area contributed by atoms with Gasteiger partial charge in [0.1, 0.15) is 17.7 Å². The average Bonchev–Trinajstić information content (AvgIpc) is 2.76. The van der Waals surface area contributed by atoms with Gasteiger partial charge in [-0.25, -0.2) is 4.40 Å². The van der Waals surface area contributed by atoms with Crippen LogP contribution in [0.4, 0.5) is 0 Å². The van der Waals surface area contributed by atoms with Gasteiger partial charge in [-0.1, -0.05) is 0 Å². The first-order valence-corrected chi connectivity index (χ1v) is 6.66. The predicted octanol–water partition coefficient (Wildman–Crippen LogP) is 1.79. The molecule has 1 aromatic carbocycles. The molecule has 1 aliphatic rings. The van der Waals surface area contributed by atoms with Gasteiger partial charge in [0.15, 0.2) is 0 Å². The van der Waals surface area contributed by atoms with E-state index in [0.717, 1.165) is 26.6 Å². The molecule has 0 spiro atoms. The minimum absolute atomic E-state index is 0.168. The maximum atomic E-state index is 8.90. The van der Waals surface area contributed by atoms with E-state index in [4.69, 9.17) is 10.5 Å². The monoisotopic (exact) mass is 245 g/mol. The van der Waals surface area contributed by atoms with Crippen molar-refractivity contribution < 1.29 is 0 Å². The molecule has 16 heavy (non-hydrogen) atoms. The van der Waals surface area contributed by atoms with E-state index >= 15 is 0 Å². The van der Waals surface area contributed by atoms with Gasteiger partial charge in [-0.2, -0.15) is 10.5 Å². The highest BCUT2D eigenvalue weighted by Crippen LogP contribution is 2.35. The number of nitriles is 2. The van der Waals surface area contributed by atoms with Crippen molar-refractivity contribution in [2.45, 2.75) is 18.7 Å². The van der Waals surface area contributed by atoms with Crippen LogP contribution in [0.25, 0.3) is 5.57 Å². The van der Waals surface area contributed by atoms with Crippen LogP contribution in [0, 0.1) is 36.5 Å². The van der Waals surface area contributed by atoms with Crippen LogP contribution in [0.5, 0.6) is 0 Å². The summed E-state index contributed by atoms with van der Waals surface area (Å²) in [6.45, 7) is 3.88. The van der Waals surface area contributed by atoms with Crippen LogP contribution in [0.2, 0.25) is 0 Å². The molecular formula is C11H7N3S2. The Morgan fingerprint density at radius 2 is 2.00 bits per heavy atom. The summed E-state index contributed by atoms with van der Waals surface area (Å²) >= 11 is 0. The Bertz CT molecular complexity index is 646. The first-order valence-electron chi connectivity index (χ1n) is 4.55. The number of fused-ring (bicyclic) bond motifs is 1. The fourth-order valence-electron chi connectivity index (χ4n) is 1.59. The summed E-state index contributed by atoms with van der Waals surface area (Å²) in [7, 11) is 3.01. The Morgan fingerprint density at radius 3 is 2.62 bits per heavy atom. The Morgan fingerprint density at radius 1 is 1.31 bits per heavy atom.